The van der Waals surface area contributed by atoms with Gasteiger partial charge in [-0.3, -0.25) is 0 Å². The number of halogens is 2. The molecule has 0 atom stereocenters. The Morgan fingerprint density at radius 1 is 1.20 bits per heavy atom. The van der Waals surface area contributed by atoms with E-state index in [0.717, 1.165) is 40.3 Å². The van der Waals surface area contributed by atoms with Gasteiger partial charge in [-0.25, -0.2) is 9.97 Å². The molecule has 0 saturated carbocycles. The molecule has 0 saturated heterocycles. The summed E-state index contributed by atoms with van der Waals surface area (Å²) in [7, 11) is 0. The lowest BCUT2D eigenvalue weighted by Gasteiger charge is -2.14. The van der Waals surface area contributed by atoms with E-state index in [-0.39, 0.29) is 0 Å². The third-order valence-corrected chi connectivity index (χ3v) is 3.72. The van der Waals surface area contributed by atoms with Crippen molar-refractivity contribution >= 4 is 44.9 Å². The predicted octanol–water partition coefficient (Wildman–Crippen LogP) is 4.63. The van der Waals surface area contributed by atoms with Crippen molar-refractivity contribution in [2.24, 2.45) is 0 Å². The highest BCUT2D eigenvalue weighted by Crippen LogP contribution is 2.30. The van der Waals surface area contributed by atoms with Crippen LogP contribution in [0.1, 0.15) is 19.4 Å². The van der Waals surface area contributed by atoms with Gasteiger partial charge in [0.05, 0.1) is 5.69 Å². The second kappa shape index (κ2) is 6.90. The summed E-state index contributed by atoms with van der Waals surface area (Å²) in [6.45, 7) is 4.96. The Balaban J connectivity index is 2.35. The van der Waals surface area contributed by atoms with Crippen LogP contribution in [0.4, 0.5) is 17.3 Å². The number of anilines is 3. The molecular weight excluding hydrogens is 340 g/mol. The molecule has 0 aliphatic carbocycles. The summed E-state index contributed by atoms with van der Waals surface area (Å²) in [5, 5.41) is 7.26. The van der Waals surface area contributed by atoms with Crippen LogP contribution in [0.5, 0.6) is 0 Å². The summed E-state index contributed by atoms with van der Waals surface area (Å²) in [6.07, 6.45) is 2.40. The van der Waals surface area contributed by atoms with Crippen LogP contribution in [-0.4, -0.2) is 16.5 Å². The van der Waals surface area contributed by atoms with Crippen LogP contribution < -0.4 is 10.6 Å². The first-order chi connectivity index (χ1) is 9.65. The molecule has 20 heavy (non-hydrogen) atoms. The molecular formula is C14H16BrClN4. The number of nitrogens with one attached hydrogen (secondary N) is 2. The maximum absolute atomic E-state index is 5.95. The van der Waals surface area contributed by atoms with Crippen LogP contribution in [-0.2, 0) is 6.42 Å². The van der Waals surface area contributed by atoms with Crippen LogP contribution in [0.15, 0.2) is 29.0 Å². The van der Waals surface area contributed by atoms with E-state index < -0.39 is 0 Å². The number of hydrogen-bond acceptors (Lipinski definition) is 4. The Morgan fingerprint density at radius 2 is 1.95 bits per heavy atom. The molecule has 1 heterocycles. The first-order valence-corrected chi connectivity index (χ1v) is 7.62. The van der Waals surface area contributed by atoms with E-state index in [1.807, 2.05) is 25.1 Å². The summed E-state index contributed by atoms with van der Waals surface area (Å²) in [5.41, 5.74) is 1.99. The molecule has 0 unspecified atom stereocenters. The van der Waals surface area contributed by atoms with Crippen molar-refractivity contribution in [3.8, 4) is 0 Å². The lowest BCUT2D eigenvalue weighted by Crippen LogP contribution is -2.07. The van der Waals surface area contributed by atoms with Gasteiger partial charge >= 0.3 is 0 Å². The Morgan fingerprint density at radius 3 is 2.60 bits per heavy atom. The van der Waals surface area contributed by atoms with Crippen molar-refractivity contribution in [2.75, 3.05) is 17.2 Å². The molecule has 0 spiro atoms. The van der Waals surface area contributed by atoms with E-state index in [0.29, 0.717) is 5.02 Å². The molecule has 106 valence electrons. The SMILES string of the molecule is CCNc1ncnc(Nc2ccc(Cl)cc2Br)c1CC. The van der Waals surface area contributed by atoms with Gasteiger partial charge in [0, 0.05) is 21.6 Å². The predicted molar refractivity (Wildman–Crippen MR) is 88.0 cm³/mol. The zero-order valence-electron chi connectivity index (χ0n) is 11.4. The number of nitrogens with zero attached hydrogens (tertiary/aromatic N) is 2. The second-order valence-corrected chi connectivity index (χ2v) is 5.47. The Hall–Kier alpha value is -1.33. The van der Waals surface area contributed by atoms with Crippen molar-refractivity contribution in [3.63, 3.8) is 0 Å². The fraction of sp³-hybridized carbons (Fsp3) is 0.286. The first-order valence-electron chi connectivity index (χ1n) is 6.45. The summed E-state index contributed by atoms with van der Waals surface area (Å²) >= 11 is 9.45. The monoisotopic (exact) mass is 354 g/mol. The molecule has 0 aliphatic rings. The summed E-state index contributed by atoms with van der Waals surface area (Å²) in [6, 6.07) is 5.61. The summed E-state index contributed by atoms with van der Waals surface area (Å²) < 4.78 is 0.899. The van der Waals surface area contributed by atoms with E-state index in [2.05, 4.69) is 43.5 Å². The van der Waals surface area contributed by atoms with E-state index in [1.54, 1.807) is 6.33 Å². The van der Waals surface area contributed by atoms with Gasteiger partial charge in [-0.05, 0) is 47.5 Å². The van der Waals surface area contributed by atoms with Gasteiger partial charge in [0.1, 0.15) is 18.0 Å². The zero-order chi connectivity index (χ0) is 14.5. The third kappa shape index (κ3) is 3.41. The van der Waals surface area contributed by atoms with E-state index in [4.69, 9.17) is 11.6 Å². The minimum atomic E-state index is 0.689. The summed E-state index contributed by atoms with van der Waals surface area (Å²) in [5.74, 6) is 1.68. The summed E-state index contributed by atoms with van der Waals surface area (Å²) in [4.78, 5) is 8.62. The largest absolute Gasteiger partial charge is 0.370 e. The minimum Gasteiger partial charge on any atom is -0.370 e. The van der Waals surface area contributed by atoms with Crippen molar-refractivity contribution in [2.45, 2.75) is 20.3 Å². The van der Waals surface area contributed by atoms with Gasteiger partial charge in [-0.15, -0.1) is 0 Å². The van der Waals surface area contributed by atoms with Crippen molar-refractivity contribution in [3.05, 3.63) is 39.6 Å². The molecule has 2 N–H and O–H groups in total. The van der Waals surface area contributed by atoms with Crippen LogP contribution in [0.25, 0.3) is 0 Å². The minimum absolute atomic E-state index is 0.689. The number of rotatable bonds is 5. The zero-order valence-corrected chi connectivity index (χ0v) is 13.7. The number of aromatic nitrogens is 2. The highest BCUT2D eigenvalue weighted by molar-refractivity contribution is 9.10. The van der Waals surface area contributed by atoms with Gasteiger partial charge in [-0.1, -0.05) is 18.5 Å². The second-order valence-electron chi connectivity index (χ2n) is 4.18. The molecule has 0 fully saturated rings. The van der Waals surface area contributed by atoms with E-state index >= 15 is 0 Å². The standard InChI is InChI=1S/C14H16BrClN4/c1-3-10-13(17-4-2)18-8-19-14(10)20-12-6-5-9(16)7-11(12)15/h5-8H,3-4H2,1-2H3,(H2,17,18,19,20). The molecule has 1 aromatic carbocycles. The van der Waals surface area contributed by atoms with Crippen LogP contribution in [0.2, 0.25) is 5.02 Å². The molecule has 4 nitrogen and oxygen atoms in total. The van der Waals surface area contributed by atoms with Crippen LogP contribution in [0.3, 0.4) is 0 Å². The van der Waals surface area contributed by atoms with Gasteiger partial charge in [0.15, 0.2) is 0 Å². The Bertz CT molecular complexity index is 604. The Kier molecular flexibility index (Phi) is 5.20. The average Bonchev–Trinajstić information content (AvgIpc) is 2.42. The highest BCUT2D eigenvalue weighted by Gasteiger charge is 2.10. The molecule has 0 amide bonds. The number of hydrogen-bond donors (Lipinski definition) is 2. The molecule has 2 rings (SSSR count). The average molecular weight is 356 g/mol. The topological polar surface area (TPSA) is 49.8 Å². The fourth-order valence-corrected chi connectivity index (χ4v) is 2.67. The fourth-order valence-electron chi connectivity index (χ4n) is 1.89. The van der Waals surface area contributed by atoms with Crippen molar-refractivity contribution < 1.29 is 0 Å². The first kappa shape index (κ1) is 15.1. The van der Waals surface area contributed by atoms with Gasteiger partial charge in [-0.2, -0.15) is 0 Å². The lowest BCUT2D eigenvalue weighted by molar-refractivity contribution is 1.03. The maximum atomic E-state index is 5.95. The lowest BCUT2D eigenvalue weighted by atomic mass is 10.2. The van der Waals surface area contributed by atoms with Gasteiger partial charge in [0.25, 0.3) is 0 Å². The van der Waals surface area contributed by atoms with Crippen LogP contribution >= 0.6 is 27.5 Å². The molecule has 0 bridgehead atoms. The highest BCUT2D eigenvalue weighted by atomic mass is 79.9. The van der Waals surface area contributed by atoms with Crippen molar-refractivity contribution in [1.82, 2.24) is 9.97 Å². The van der Waals surface area contributed by atoms with Gasteiger partial charge < -0.3 is 10.6 Å². The van der Waals surface area contributed by atoms with E-state index in [9.17, 15) is 0 Å². The normalized spacial score (nSPS) is 10.4. The quantitative estimate of drug-likeness (QED) is 0.821. The molecule has 2 aromatic rings. The van der Waals surface area contributed by atoms with Crippen LogP contribution in [0, 0.1) is 0 Å². The smallest absolute Gasteiger partial charge is 0.139 e. The molecule has 6 heteroatoms. The third-order valence-electron chi connectivity index (χ3n) is 2.83. The Labute approximate surface area is 132 Å². The number of benzene rings is 1. The van der Waals surface area contributed by atoms with E-state index in [1.165, 1.54) is 0 Å². The molecule has 0 aliphatic heterocycles. The molecule has 1 aromatic heterocycles. The van der Waals surface area contributed by atoms with Crippen molar-refractivity contribution in [1.29, 1.82) is 0 Å². The maximum Gasteiger partial charge on any atom is 0.139 e. The van der Waals surface area contributed by atoms with Gasteiger partial charge in [0.2, 0.25) is 0 Å². The molecule has 0 radical (unpaired) electrons.